The minimum absolute atomic E-state index is 0.153. The summed E-state index contributed by atoms with van der Waals surface area (Å²) in [5.41, 5.74) is -1.42. The number of hydrogen-bond acceptors (Lipinski definition) is 2. The molecule has 5 heteroatoms. The molecule has 0 amide bonds. The maximum absolute atomic E-state index is 11.9. The highest BCUT2D eigenvalue weighted by Crippen LogP contribution is 2.13. The first-order valence-electron chi connectivity index (χ1n) is 3.11. The number of alkyl halides is 2. The lowest BCUT2D eigenvalue weighted by atomic mass is 10.3. The number of aromatic nitrogens is 1. The van der Waals surface area contributed by atoms with Crippen molar-refractivity contribution in [2.24, 2.45) is 0 Å². The van der Waals surface area contributed by atoms with Crippen molar-refractivity contribution in [3.05, 3.63) is 33.7 Å². The molecule has 1 rings (SSSR count). The zero-order valence-electron chi connectivity index (χ0n) is 5.88. The number of halogens is 2. The van der Waals surface area contributed by atoms with E-state index in [4.69, 9.17) is 0 Å². The van der Waals surface area contributed by atoms with Gasteiger partial charge in [0.2, 0.25) is 0 Å². The third-order valence-corrected chi connectivity index (χ3v) is 1.32. The van der Waals surface area contributed by atoms with E-state index in [-0.39, 0.29) is 5.56 Å². The lowest BCUT2D eigenvalue weighted by Crippen LogP contribution is -2.13. The van der Waals surface area contributed by atoms with E-state index in [1.54, 1.807) is 0 Å². The molecule has 1 aromatic heterocycles. The summed E-state index contributed by atoms with van der Waals surface area (Å²) in [6.07, 6.45) is -2.41. The van der Waals surface area contributed by atoms with E-state index in [1.807, 2.05) is 4.98 Å². The Labute approximate surface area is 66.0 Å². The summed E-state index contributed by atoms with van der Waals surface area (Å²) in [5, 5.41) is 0. The van der Waals surface area contributed by atoms with Gasteiger partial charge in [-0.1, -0.05) is 0 Å². The molecule has 0 unspecified atom stereocenters. The Balaban J connectivity index is 3.19. The largest absolute Gasteiger partial charge is 0.320 e. The van der Waals surface area contributed by atoms with Crippen LogP contribution < -0.4 is 5.56 Å². The first-order valence-corrected chi connectivity index (χ1v) is 3.11. The molecule has 0 aliphatic carbocycles. The standard InChI is InChI=1S/C7H5F2NO2/c8-6(9)5-2-1-4(3-11)7(12)10-5/h1-3,6H,(H,10,12). The lowest BCUT2D eigenvalue weighted by Gasteiger charge is -1.97. The first kappa shape index (κ1) is 8.58. The number of hydrogen-bond donors (Lipinski definition) is 1. The molecule has 0 aliphatic rings. The third-order valence-electron chi connectivity index (χ3n) is 1.32. The van der Waals surface area contributed by atoms with Crippen molar-refractivity contribution in [2.75, 3.05) is 0 Å². The van der Waals surface area contributed by atoms with Gasteiger partial charge in [0.1, 0.15) is 0 Å². The fourth-order valence-electron chi connectivity index (χ4n) is 0.720. The van der Waals surface area contributed by atoms with Gasteiger partial charge >= 0.3 is 0 Å². The van der Waals surface area contributed by atoms with Crippen molar-refractivity contribution >= 4 is 6.29 Å². The zero-order valence-corrected chi connectivity index (χ0v) is 5.88. The number of pyridine rings is 1. The SMILES string of the molecule is O=Cc1ccc(C(F)F)[nH]c1=O. The van der Waals surface area contributed by atoms with Crippen LogP contribution in [0.15, 0.2) is 16.9 Å². The molecule has 12 heavy (non-hydrogen) atoms. The van der Waals surface area contributed by atoms with Gasteiger partial charge in [-0.15, -0.1) is 0 Å². The summed E-state index contributed by atoms with van der Waals surface area (Å²) in [4.78, 5) is 22.7. The quantitative estimate of drug-likeness (QED) is 0.681. The van der Waals surface area contributed by atoms with Crippen LogP contribution in [0.2, 0.25) is 0 Å². The van der Waals surface area contributed by atoms with E-state index in [0.29, 0.717) is 6.29 Å². The molecule has 0 saturated carbocycles. The van der Waals surface area contributed by atoms with Gasteiger partial charge in [0, 0.05) is 0 Å². The first-order chi connectivity index (χ1) is 5.65. The summed E-state index contributed by atoms with van der Waals surface area (Å²) in [7, 11) is 0. The summed E-state index contributed by atoms with van der Waals surface area (Å²) < 4.78 is 23.8. The molecule has 0 aromatic carbocycles. The molecule has 3 nitrogen and oxygen atoms in total. The van der Waals surface area contributed by atoms with E-state index in [0.717, 1.165) is 12.1 Å². The van der Waals surface area contributed by atoms with Gasteiger partial charge in [-0.3, -0.25) is 9.59 Å². The second-order valence-corrected chi connectivity index (χ2v) is 2.12. The Bertz CT molecular complexity index is 346. The minimum atomic E-state index is -2.72. The summed E-state index contributed by atoms with van der Waals surface area (Å²) in [6, 6.07) is 2.07. The van der Waals surface area contributed by atoms with Gasteiger partial charge in [0.05, 0.1) is 11.3 Å². The highest BCUT2D eigenvalue weighted by molar-refractivity contribution is 5.73. The molecule has 0 atom stereocenters. The third kappa shape index (κ3) is 1.55. The second kappa shape index (κ2) is 3.25. The van der Waals surface area contributed by atoms with Crippen molar-refractivity contribution in [3.63, 3.8) is 0 Å². The molecule has 0 radical (unpaired) electrons. The van der Waals surface area contributed by atoms with Crippen LogP contribution >= 0.6 is 0 Å². The Morgan fingerprint density at radius 2 is 2.08 bits per heavy atom. The lowest BCUT2D eigenvalue weighted by molar-refractivity contribution is 0.112. The molecule has 1 heterocycles. The number of aldehydes is 1. The highest BCUT2D eigenvalue weighted by Gasteiger charge is 2.08. The number of H-pyrrole nitrogens is 1. The number of rotatable bonds is 2. The average molecular weight is 173 g/mol. The molecule has 0 fully saturated rings. The Morgan fingerprint density at radius 3 is 2.50 bits per heavy atom. The van der Waals surface area contributed by atoms with E-state index < -0.39 is 17.7 Å². The molecule has 64 valence electrons. The van der Waals surface area contributed by atoms with Crippen molar-refractivity contribution in [3.8, 4) is 0 Å². The van der Waals surface area contributed by atoms with Gasteiger partial charge in [-0.05, 0) is 12.1 Å². The molecule has 0 bridgehead atoms. The van der Waals surface area contributed by atoms with Crippen LogP contribution in [-0.2, 0) is 0 Å². The van der Waals surface area contributed by atoms with Crippen molar-refractivity contribution in [1.29, 1.82) is 0 Å². The maximum atomic E-state index is 11.9. The maximum Gasteiger partial charge on any atom is 0.278 e. The number of carbonyl (C=O) groups excluding carboxylic acids is 1. The minimum Gasteiger partial charge on any atom is -0.320 e. The van der Waals surface area contributed by atoms with Crippen molar-refractivity contribution < 1.29 is 13.6 Å². The number of carbonyl (C=O) groups is 1. The Kier molecular flexibility index (Phi) is 2.32. The molecule has 0 saturated heterocycles. The van der Waals surface area contributed by atoms with Crippen LogP contribution in [0.1, 0.15) is 22.5 Å². The number of aromatic amines is 1. The van der Waals surface area contributed by atoms with Crippen LogP contribution in [0.4, 0.5) is 8.78 Å². The van der Waals surface area contributed by atoms with Gasteiger partial charge in [-0.2, -0.15) is 0 Å². The van der Waals surface area contributed by atoms with Crippen LogP contribution in [0, 0.1) is 0 Å². The molecular formula is C7H5F2NO2. The summed E-state index contributed by atoms with van der Waals surface area (Å²) >= 11 is 0. The topological polar surface area (TPSA) is 49.9 Å². The number of nitrogens with one attached hydrogen (secondary N) is 1. The normalized spacial score (nSPS) is 10.2. The van der Waals surface area contributed by atoms with Gasteiger partial charge in [0.15, 0.2) is 6.29 Å². The van der Waals surface area contributed by atoms with Gasteiger partial charge in [-0.25, -0.2) is 8.78 Å². The zero-order chi connectivity index (χ0) is 9.14. The molecule has 0 spiro atoms. The van der Waals surface area contributed by atoms with Crippen molar-refractivity contribution in [1.82, 2.24) is 4.98 Å². The van der Waals surface area contributed by atoms with E-state index in [2.05, 4.69) is 0 Å². The molecule has 1 aromatic rings. The molecule has 0 aliphatic heterocycles. The Hall–Kier alpha value is -1.52. The van der Waals surface area contributed by atoms with Crippen LogP contribution in [0.5, 0.6) is 0 Å². The average Bonchev–Trinajstić information content (AvgIpc) is 2.04. The van der Waals surface area contributed by atoms with Crippen LogP contribution in [0.3, 0.4) is 0 Å². The fraction of sp³-hybridized carbons (Fsp3) is 0.143. The van der Waals surface area contributed by atoms with Crippen LogP contribution in [-0.4, -0.2) is 11.3 Å². The fourth-order valence-corrected chi connectivity index (χ4v) is 0.720. The summed E-state index contributed by atoms with van der Waals surface area (Å²) in [6.45, 7) is 0. The van der Waals surface area contributed by atoms with Gasteiger partial charge in [0.25, 0.3) is 12.0 Å². The highest BCUT2D eigenvalue weighted by atomic mass is 19.3. The predicted molar refractivity (Wildman–Crippen MR) is 37.4 cm³/mol. The summed E-state index contributed by atoms with van der Waals surface area (Å²) in [5.74, 6) is 0. The second-order valence-electron chi connectivity index (χ2n) is 2.12. The monoisotopic (exact) mass is 173 g/mol. The van der Waals surface area contributed by atoms with Gasteiger partial charge < -0.3 is 4.98 Å². The Morgan fingerprint density at radius 1 is 1.42 bits per heavy atom. The predicted octanol–water partition coefficient (Wildman–Crippen LogP) is 1.12. The van der Waals surface area contributed by atoms with E-state index >= 15 is 0 Å². The molecule has 1 N–H and O–H groups in total. The van der Waals surface area contributed by atoms with Crippen molar-refractivity contribution in [2.45, 2.75) is 6.43 Å². The van der Waals surface area contributed by atoms with E-state index in [9.17, 15) is 18.4 Å². The van der Waals surface area contributed by atoms with Crippen LogP contribution in [0.25, 0.3) is 0 Å². The molecular weight excluding hydrogens is 168 g/mol. The smallest absolute Gasteiger partial charge is 0.278 e. The van der Waals surface area contributed by atoms with E-state index in [1.165, 1.54) is 0 Å².